The Balaban J connectivity index is 4.44. The summed E-state index contributed by atoms with van der Waals surface area (Å²) in [5.74, 6) is -0.916. The summed E-state index contributed by atoms with van der Waals surface area (Å²) in [6.07, 6.45) is 90.5. The van der Waals surface area contributed by atoms with Gasteiger partial charge in [0.2, 0.25) is 0 Å². The molecule has 0 spiro atoms. The van der Waals surface area contributed by atoms with Gasteiger partial charge in [-0.2, -0.15) is 0 Å². The van der Waals surface area contributed by atoms with Crippen molar-refractivity contribution in [2.75, 3.05) is 13.2 Å². The van der Waals surface area contributed by atoms with Crippen LogP contribution in [-0.4, -0.2) is 37.2 Å². The van der Waals surface area contributed by atoms with E-state index < -0.39 is 6.10 Å². The van der Waals surface area contributed by atoms with Crippen molar-refractivity contribution in [3.05, 3.63) is 122 Å². The van der Waals surface area contributed by atoms with Crippen molar-refractivity contribution in [2.24, 2.45) is 0 Å². The Hall–Kier alpha value is -4.19. The molecule has 0 aliphatic heterocycles. The lowest BCUT2D eigenvalue weighted by Crippen LogP contribution is -2.30. The van der Waals surface area contributed by atoms with Crippen LogP contribution in [0.1, 0.15) is 297 Å². The summed E-state index contributed by atoms with van der Waals surface area (Å²) in [7, 11) is 0. The molecule has 6 nitrogen and oxygen atoms in total. The van der Waals surface area contributed by atoms with Gasteiger partial charge in [-0.25, -0.2) is 0 Å². The zero-order valence-corrected chi connectivity index (χ0v) is 50.9. The van der Waals surface area contributed by atoms with Crippen molar-refractivity contribution in [2.45, 2.75) is 303 Å². The molecule has 0 aliphatic rings. The van der Waals surface area contributed by atoms with Gasteiger partial charge in [-0.3, -0.25) is 14.4 Å². The topological polar surface area (TPSA) is 78.9 Å². The molecule has 0 bridgehead atoms. The van der Waals surface area contributed by atoms with Crippen molar-refractivity contribution < 1.29 is 28.6 Å². The highest BCUT2D eigenvalue weighted by Gasteiger charge is 2.19. The standard InChI is InChI=1S/C72H120O6/c1-4-7-10-13-16-19-22-25-28-31-33-34-35-36-37-38-39-42-44-47-50-53-56-59-62-65-71(74)77-68-69(67-76-70(73)64-61-58-55-52-49-46-43-40-30-27-24-21-18-15-12-9-6-3)78-72(75)66-63-60-57-54-51-48-45-41-32-29-26-23-20-17-14-11-8-5-2/h7,10,16,18-21,23,25,27-30,32-34,36-37,39,42,69H,4-6,8-9,11-15,17,22,24,26,31,35,38,40-41,43-68H2,1-3H3/b10-7-,19-16-,21-18-,23-20-,28-25-,30-27-,32-29-,34-33-,37-36-,42-39-. The van der Waals surface area contributed by atoms with Crippen LogP contribution in [0.5, 0.6) is 0 Å². The minimum atomic E-state index is -0.797. The minimum absolute atomic E-state index is 0.0921. The highest BCUT2D eigenvalue weighted by molar-refractivity contribution is 5.71. The molecule has 0 radical (unpaired) electrons. The maximum Gasteiger partial charge on any atom is 0.306 e. The largest absolute Gasteiger partial charge is 0.462 e. The third-order valence-corrected chi connectivity index (χ3v) is 13.7. The molecule has 0 saturated carbocycles. The summed E-state index contributed by atoms with van der Waals surface area (Å²) >= 11 is 0. The first-order valence-electron chi connectivity index (χ1n) is 32.5. The number of allylic oxidation sites excluding steroid dienone is 20. The van der Waals surface area contributed by atoms with E-state index in [0.717, 1.165) is 135 Å². The smallest absolute Gasteiger partial charge is 0.306 e. The van der Waals surface area contributed by atoms with Crippen LogP contribution in [0.4, 0.5) is 0 Å². The van der Waals surface area contributed by atoms with E-state index in [4.69, 9.17) is 14.2 Å². The van der Waals surface area contributed by atoms with Crippen LogP contribution in [-0.2, 0) is 28.6 Å². The van der Waals surface area contributed by atoms with Crippen LogP contribution in [0.3, 0.4) is 0 Å². The minimum Gasteiger partial charge on any atom is -0.462 e. The lowest BCUT2D eigenvalue weighted by Gasteiger charge is -2.18. The fourth-order valence-corrected chi connectivity index (χ4v) is 8.80. The van der Waals surface area contributed by atoms with Gasteiger partial charge in [0.25, 0.3) is 0 Å². The Labute approximate surface area is 482 Å². The van der Waals surface area contributed by atoms with Gasteiger partial charge in [-0.05, 0) is 135 Å². The van der Waals surface area contributed by atoms with Gasteiger partial charge in [0, 0.05) is 19.3 Å². The van der Waals surface area contributed by atoms with Gasteiger partial charge < -0.3 is 14.2 Å². The van der Waals surface area contributed by atoms with E-state index in [9.17, 15) is 14.4 Å². The van der Waals surface area contributed by atoms with E-state index in [1.165, 1.54) is 122 Å². The van der Waals surface area contributed by atoms with Crippen LogP contribution in [0.15, 0.2) is 122 Å². The summed E-state index contributed by atoms with van der Waals surface area (Å²) < 4.78 is 16.9. The molecule has 444 valence electrons. The number of ether oxygens (including phenoxy) is 3. The molecule has 0 aromatic heterocycles. The zero-order chi connectivity index (χ0) is 56.4. The average molecular weight is 1080 g/mol. The molecule has 0 aromatic carbocycles. The first-order valence-corrected chi connectivity index (χ1v) is 32.5. The third-order valence-electron chi connectivity index (χ3n) is 13.7. The molecule has 0 aliphatic carbocycles. The van der Waals surface area contributed by atoms with Gasteiger partial charge in [0.1, 0.15) is 13.2 Å². The predicted octanol–water partition coefficient (Wildman–Crippen LogP) is 22.4. The Morgan fingerprint density at radius 2 is 0.500 bits per heavy atom. The van der Waals surface area contributed by atoms with Gasteiger partial charge in [0.15, 0.2) is 6.10 Å². The molecular formula is C72H120O6. The fraction of sp³-hybridized carbons (Fsp3) is 0.681. The monoisotopic (exact) mass is 1080 g/mol. The summed E-state index contributed by atoms with van der Waals surface area (Å²) in [5.41, 5.74) is 0. The summed E-state index contributed by atoms with van der Waals surface area (Å²) in [6.45, 7) is 6.48. The van der Waals surface area contributed by atoms with Crippen molar-refractivity contribution in [3.63, 3.8) is 0 Å². The Kier molecular flexibility index (Phi) is 61.8. The van der Waals surface area contributed by atoms with Crippen LogP contribution in [0, 0.1) is 0 Å². The van der Waals surface area contributed by atoms with E-state index in [1.807, 2.05) is 0 Å². The number of unbranched alkanes of at least 4 members (excludes halogenated alkanes) is 27. The molecule has 0 fully saturated rings. The molecule has 0 rings (SSSR count). The first kappa shape index (κ1) is 73.8. The number of hydrogen-bond donors (Lipinski definition) is 0. The molecule has 1 atom stereocenters. The summed E-state index contributed by atoms with van der Waals surface area (Å²) in [4.78, 5) is 38.4. The normalized spacial score (nSPS) is 12.9. The summed E-state index contributed by atoms with van der Waals surface area (Å²) in [5, 5.41) is 0. The molecule has 0 aromatic rings. The average Bonchev–Trinajstić information content (AvgIpc) is 3.44. The number of carbonyl (C=O) groups is 3. The van der Waals surface area contributed by atoms with Crippen molar-refractivity contribution in [1.29, 1.82) is 0 Å². The lowest BCUT2D eigenvalue weighted by atomic mass is 10.1. The van der Waals surface area contributed by atoms with Crippen molar-refractivity contribution in [3.8, 4) is 0 Å². The number of esters is 3. The molecule has 0 amide bonds. The van der Waals surface area contributed by atoms with Crippen molar-refractivity contribution >= 4 is 17.9 Å². The number of hydrogen-bond acceptors (Lipinski definition) is 6. The molecule has 1 unspecified atom stereocenters. The zero-order valence-electron chi connectivity index (χ0n) is 50.9. The van der Waals surface area contributed by atoms with Gasteiger partial charge >= 0.3 is 17.9 Å². The SMILES string of the molecule is CC/C=C\C/C=C\C/C=C\C/C=C\C/C=C\C/C=C\CCCCCCCCC(=O)OCC(COC(=O)CCCCCCCCC/C=C\C/C=C\CCCCC)OC(=O)CCCCCCCCC/C=C\C/C=C\CCCCCC. The van der Waals surface area contributed by atoms with Crippen LogP contribution in [0.2, 0.25) is 0 Å². The summed E-state index contributed by atoms with van der Waals surface area (Å²) in [6, 6.07) is 0. The van der Waals surface area contributed by atoms with E-state index in [1.54, 1.807) is 0 Å². The Morgan fingerprint density at radius 1 is 0.269 bits per heavy atom. The van der Waals surface area contributed by atoms with Crippen LogP contribution >= 0.6 is 0 Å². The number of rotatable bonds is 58. The predicted molar refractivity (Wildman–Crippen MR) is 339 cm³/mol. The fourth-order valence-electron chi connectivity index (χ4n) is 8.80. The van der Waals surface area contributed by atoms with E-state index in [-0.39, 0.29) is 31.1 Å². The Morgan fingerprint density at radius 3 is 0.808 bits per heavy atom. The maximum atomic E-state index is 12.9. The van der Waals surface area contributed by atoms with E-state index >= 15 is 0 Å². The molecule has 0 saturated heterocycles. The van der Waals surface area contributed by atoms with Gasteiger partial charge in [-0.1, -0.05) is 264 Å². The van der Waals surface area contributed by atoms with Crippen LogP contribution in [0.25, 0.3) is 0 Å². The molecule has 0 heterocycles. The highest BCUT2D eigenvalue weighted by Crippen LogP contribution is 2.15. The van der Waals surface area contributed by atoms with Gasteiger partial charge in [0.05, 0.1) is 0 Å². The lowest BCUT2D eigenvalue weighted by molar-refractivity contribution is -0.167. The molecule has 78 heavy (non-hydrogen) atoms. The van der Waals surface area contributed by atoms with Gasteiger partial charge in [-0.15, -0.1) is 0 Å². The van der Waals surface area contributed by atoms with Crippen LogP contribution < -0.4 is 0 Å². The quantitative estimate of drug-likeness (QED) is 0.0261. The molecule has 0 N–H and O–H groups in total. The Bertz CT molecular complexity index is 1620. The second kappa shape index (κ2) is 65.3. The second-order valence-corrected chi connectivity index (χ2v) is 21.3. The van der Waals surface area contributed by atoms with E-state index in [2.05, 4.69) is 142 Å². The third kappa shape index (κ3) is 62.7. The maximum absolute atomic E-state index is 12.9. The molecule has 6 heteroatoms. The molecular weight excluding hydrogens is 961 g/mol. The number of carbonyl (C=O) groups excluding carboxylic acids is 3. The van der Waals surface area contributed by atoms with Crippen molar-refractivity contribution in [1.82, 2.24) is 0 Å². The first-order chi connectivity index (χ1) is 38.5. The highest BCUT2D eigenvalue weighted by atomic mass is 16.6. The van der Waals surface area contributed by atoms with E-state index in [0.29, 0.717) is 19.3 Å². The second-order valence-electron chi connectivity index (χ2n) is 21.3.